The predicted octanol–water partition coefficient (Wildman–Crippen LogP) is 1.32. The molecule has 1 aromatic rings. The van der Waals surface area contributed by atoms with Gasteiger partial charge in [0.2, 0.25) is 10.0 Å². The minimum Gasteiger partial charge on any atom is -0.381 e. The molecule has 0 amide bonds. The number of rotatable bonds is 4. The quantitative estimate of drug-likeness (QED) is 0.909. The molecule has 1 heterocycles. The standard InChI is InChI=1S/C13H18FNO3S/c1-15-19(16,17)13-6-7-18-9-11(13)8-10-4-2-3-5-12(10)14/h2-5,11,13,15H,6-9H2,1H3/t11-,13-/m0/s1. The Kier molecular flexibility index (Phi) is 4.54. The lowest BCUT2D eigenvalue weighted by atomic mass is 9.93. The highest BCUT2D eigenvalue weighted by molar-refractivity contribution is 7.90. The van der Waals surface area contributed by atoms with Gasteiger partial charge in [-0.1, -0.05) is 18.2 Å². The van der Waals surface area contributed by atoms with Crippen LogP contribution in [0, 0.1) is 11.7 Å². The van der Waals surface area contributed by atoms with Crippen molar-refractivity contribution in [2.24, 2.45) is 5.92 Å². The van der Waals surface area contributed by atoms with Crippen molar-refractivity contribution in [3.8, 4) is 0 Å². The molecule has 106 valence electrons. The molecule has 0 saturated carbocycles. The van der Waals surface area contributed by atoms with Gasteiger partial charge < -0.3 is 4.74 Å². The van der Waals surface area contributed by atoms with Crippen LogP contribution in [0.25, 0.3) is 0 Å². The van der Waals surface area contributed by atoms with Gasteiger partial charge in [-0.15, -0.1) is 0 Å². The van der Waals surface area contributed by atoms with Crippen molar-refractivity contribution in [1.82, 2.24) is 4.72 Å². The smallest absolute Gasteiger partial charge is 0.214 e. The third-order valence-electron chi connectivity index (χ3n) is 3.53. The minimum atomic E-state index is -3.36. The summed E-state index contributed by atoms with van der Waals surface area (Å²) in [5.74, 6) is -0.517. The number of sulfonamides is 1. The maximum absolute atomic E-state index is 13.6. The molecule has 1 saturated heterocycles. The van der Waals surface area contributed by atoms with Gasteiger partial charge in [0, 0.05) is 12.5 Å². The van der Waals surface area contributed by atoms with Crippen molar-refractivity contribution < 1.29 is 17.5 Å². The molecule has 6 heteroatoms. The molecule has 0 unspecified atom stereocenters. The Hall–Kier alpha value is -0.980. The molecule has 1 N–H and O–H groups in total. The van der Waals surface area contributed by atoms with Crippen LogP contribution in [0.1, 0.15) is 12.0 Å². The Morgan fingerprint density at radius 1 is 1.42 bits per heavy atom. The maximum Gasteiger partial charge on any atom is 0.214 e. The Bertz CT molecular complexity index is 532. The summed E-state index contributed by atoms with van der Waals surface area (Å²) in [6, 6.07) is 6.45. The van der Waals surface area contributed by atoms with Gasteiger partial charge in [0.05, 0.1) is 11.9 Å². The molecule has 0 bridgehead atoms. The van der Waals surface area contributed by atoms with Crippen molar-refractivity contribution >= 4 is 10.0 Å². The van der Waals surface area contributed by atoms with Crippen molar-refractivity contribution in [3.63, 3.8) is 0 Å². The summed E-state index contributed by atoms with van der Waals surface area (Å²) in [6.45, 7) is 0.777. The van der Waals surface area contributed by atoms with Crippen molar-refractivity contribution in [2.75, 3.05) is 20.3 Å². The number of nitrogens with one attached hydrogen (secondary N) is 1. The zero-order valence-electron chi connectivity index (χ0n) is 10.8. The molecular weight excluding hydrogens is 269 g/mol. The Labute approximate surface area is 113 Å². The summed E-state index contributed by atoms with van der Waals surface area (Å²) in [4.78, 5) is 0. The molecule has 19 heavy (non-hydrogen) atoms. The maximum atomic E-state index is 13.6. The molecule has 1 aliphatic heterocycles. The van der Waals surface area contributed by atoms with E-state index in [-0.39, 0.29) is 11.7 Å². The first-order valence-corrected chi connectivity index (χ1v) is 7.82. The highest BCUT2D eigenvalue weighted by Crippen LogP contribution is 2.25. The summed E-state index contributed by atoms with van der Waals surface area (Å²) in [5.41, 5.74) is 0.536. The Balaban J connectivity index is 2.19. The lowest BCUT2D eigenvalue weighted by Gasteiger charge is -2.31. The van der Waals surface area contributed by atoms with E-state index in [9.17, 15) is 12.8 Å². The van der Waals surface area contributed by atoms with Crippen LogP contribution in [0.5, 0.6) is 0 Å². The summed E-state index contributed by atoms with van der Waals surface area (Å²) < 4.78 is 45.3. The van der Waals surface area contributed by atoms with Gasteiger partial charge >= 0.3 is 0 Å². The van der Waals surface area contributed by atoms with Gasteiger partial charge in [0.25, 0.3) is 0 Å². The lowest BCUT2D eigenvalue weighted by Crippen LogP contribution is -2.43. The predicted molar refractivity (Wildman–Crippen MR) is 70.8 cm³/mol. The highest BCUT2D eigenvalue weighted by atomic mass is 32.2. The third-order valence-corrected chi connectivity index (χ3v) is 5.51. The number of ether oxygens (including phenoxy) is 1. The zero-order chi connectivity index (χ0) is 13.9. The molecule has 2 atom stereocenters. The molecular formula is C13H18FNO3S. The van der Waals surface area contributed by atoms with E-state index in [1.165, 1.54) is 13.1 Å². The minimum absolute atomic E-state index is 0.219. The molecule has 1 fully saturated rings. The van der Waals surface area contributed by atoms with E-state index in [1.807, 2.05) is 0 Å². The number of hydrogen-bond donors (Lipinski definition) is 1. The number of halogens is 1. The zero-order valence-corrected chi connectivity index (χ0v) is 11.6. The molecule has 0 spiro atoms. The summed E-state index contributed by atoms with van der Waals surface area (Å²) in [6.07, 6.45) is 0.820. The second kappa shape index (κ2) is 5.98. The summed E-state index contributed by atoms with van der Waals surface area (Å²) >= 11 is 0. The summed E-state index contributed by atoms with van der Waals surface area (Å²) in [5, 5.41) is -0.522. The van der Waals surface area contributed by atoms with Crippen LogP contribution in [0.2, 0.25) is 0 Å². The highest BCUT2D eigenvalue weighted by Gasteiger charge is 2.35. The van der Waals surface area contributed by atoms with Crippen LogP contribution in [0.4, 0.5) is 4.39 Å². The van der Waals surface area contributed by atoms with Gasteiger partial charge in [-0.3, -0.25) is 0 Å². The largest absolute Gasteiger partial charge is 0.381 e. The molecule has 0 aliphatic carbocycles. The van der Waals surface area contributed by atoms with Crippen molar-refractivity contribution in [3.05, 3.63) is 35.6 Å². The van der Waals surface area contributed by atoms with Crippen LogP contribution in [-0.4, -0.2) is 33.9 Å². The van der Waals surface area contributed by atoms with Crippen LogP contribution in [-0.2, 0) is 21.2 Å². The van der Waals surface area contributed by atoms with E-state index in [4.69, 9.17) is 4.74 Å². The van der Waals surface area contributed by atoms with Gasteiger partial charge in [-0.05, 0) is 31.5 Å². The average molecular weight is 287 g/mol. The first-order chi connectivity index (χ1) is 9.04. The van der Waals surface area contributed by atoms with E-state index in [0.29, 0.717) is 31.6 Å². The van der Waals surface area contributed by atoms with Crippen LogP contribution in [0.3, 0.4) is 0 Å². The normalized spacial score (nSPS) is 24.3. The summed E-state index contributed by atoms with van der Waals surface area (Å²) in [7, 11) is -1.95. The van der Waals surface area contributed by atoms with Crippen LogP contribution >= 0.6 is 0 Å². The fourth-order valence-electron chi connectivity index (χ4n) is 2.47. The topological polar surface area (TPSA) is 55.4 Å². The van der Waals surface area contributed by atoms with Gasteiger partial charge in [0.15, 0.2) is 0 Å². The SMILES string of the molecule is CNS(=O)(=O)[C@H]1CCOC[C@@H]1Cc1ccccc1F. The molecule has 0 radical (unpaired) electrons. The number of hydrogen-bond acceptors (Lipinski definition) is 3. The third kappa shape index (κ3) is 3.32. The monoisotopic (exact) mass is 287 g/mol. The van der Waals surface area contributed by atoms with Crippen molar-refractivity contribution in [2.45, 2.75) is 18.1 Å². The van der Waals surface area contributed by atoms with Gasteiger partial charge in [-0.2, -0.15) is 0 Å². The second-order valence-corrected chi connectivity index (χ2v) is 6.81. The molecule has 1 aromatic carbocycles. The van der Waals surface area contributed by atoms with Gasteiger partial charge in [0.1, 0.15) is 5.82 Å². The fraction of sp³-hybridized carbons (Fsp3) is 0.538. The van der Waals surface area contributed by atoms with E-state index in [0.717, 1.165) is 0 Å². The first-order valence-electron chi connectivity index (χ1n) is 6.28. The van der Waals surface area contributed by atoms with Crippen molar-refractivity contribution in [1.29, 1.82) is 0 Å². The van der Waals surface area contributed by atoms with Crippen LogP contribution < -0.4 is 4.72 Å². The molecule has 2 rings (SSSR count). The Morgan fingerprint density at radius 2 is 2.16 bits per heavy atom. The average Bonchev–Trinajstić information content (AvgIpc) is 2.42. The Morgan fingerprint density at radius 3 is 2.84 bits per heavy atom. The van der Waals surface area contributed by atoms with E-state index in [2.05, 4.69) is 4.72 Å². The van der Waals surface area contributed by atoms with E-state index in [1.54, 1.807) is 18.2 Å². The van der Waals surface area contributed by atoms with E-state index >= 15 is 0 Å². The van der Waals surface area contributed by atoms with Crippen LogP contribution in [0.15, 0.2) is 24.3 Å². The van der Waals surface area contributed by atoms with Gasteiger partial charge in [-0.25, -0.2) is 17.5 Å². The molecule has 1 aliphatic rings. The fourth-order valence-corrected chi connectivity index (χ4v) is 3.86. The molecule has 0 aromatic heterocycles. The van der Waals surface area contributed by atoms with E-state index < -0.39 is 15.3 Å². The number of benzene rings is 1. The lowest BCUT2D eigenvalue weighted by molar-refractivity contribution is 0.0568. The first kappa shape index (κ1) is 14.4. The molecule has 4 nitrogen and oxygen atoms in total. The second-order valence-electron chi connectivity index (χ2n) is 4.71.